The number of nitrogens with one attached hydrogen (secondary N) is 1. The van der Waals surface area contributed by atoms with Gasteiger partial charge >= 0.3 is 0 Å². The van der Waals surface area contributed by atoms with E-state index in [1.807, 2.05) is 50.1 Å². The molecule has 4 heteroatoms. The zero-order valence-electron chi connectivity index (χ0n) is 14.7. The van der Waals surface area contributed by atoms with Gasteiger partial charge in [-0.05, 0) is 37.4 Å². The highest BCUT2D eigenvalue weighted by molar-refractivity contribution is 5.78. The fraction of sp³-hybridized carbons (Fsp3) is 0.611. The second-order valence-corrected chi connectivity index (χ2v) is 7.20. The minimum Gasteiger partial charge on any atom is -0.387 e. The summed E-state index contributed by atoms with van der Waals surface area (Å²) in [5.74, 6) is -0.0680. The predicted octanol–water partition coefficient (Wildman–Crippen LogP) is 2.47. The van der Waals surface area contributed by atoms with Crippen molar-refractivity contribution < 1.29 is 9.90 Å². The van der Waals surface area contributed by atoms with Gasteiger partial charge in [-0.1, -0.05) is 45.0 Å². The standard InChI is InChI=1S/C18H30N2O2/c1-13(2)20(6)12-17(22)19-11-16(21)14-7-9-15(10-8-14)18(3,4)5/h7-10,13,16,21H,11-12H2,1-6H3,(H,19,22). The van der Waals surface area contributed by atoms with Crippen LogP contribution >= 0.6 is 0 Å². The molecule has 1 atom stereocenters. The van der Waals surface area contributed by atoms with E-state index in [4.69, 9.17) is 0 Å². The van der Waals surface area contributed by atoms with Crippen LogP contribution in [0.4, 0.5) is 0 Å². The topological polar surface area (TPSA) is 52.6 Å². The molecule has 0 spiro atoms. The van der Waals surface area contributed by atoms with Crippen LogP contribution in [0.15, 0.2) is 24.3 Å². The Morgan fingerprint density at radius 3 is 2.23 bits per heavy atom. The summed E-state index contributed by atoms with van der Waals surface area (Å²) >= 11 is 0. The van der Waals surface area contributed by atoms with E-state index in [-0.39, 0.29) is 17.9 Å². The Morgan fingerprint density at radius 2 is 1.77 bits per heavy atom. The van der Waals surface area contributed by atoms with Crippen molar-refractivity contribution >= 4 is 5.91 Å². The molecule has 0 fully saturated rings. The Bertz CT molecular complexity index is 475. The molecule has 0 aromatic heterocycles. The second-order valence-electron chi connectivity index (χ2n) is 7.20. The third-order valence-corrected chi connectivity index (χ3v) is 3.93. The molecular formula is C18H30N2O2. The maximum atomic E-state index is 11.8. The summed E-state index contributed by atoms with van der Waals surface area (Å²) < 4.78 is 0. The Kier molecular flexibility index (Phi) is 6.57. The zero-order chi connectivity index (χ0) is 16.9. The molecule has 124 valence electrons. The molecule has 0 aliphatic heterocycles. The number of carbonyl (C=O) groups excluding carboxylic acids is 1. The average molecular weight is 306 g/mol. The lowest BCUT2D eigenvalue weighted by Gasteiger charge is -2.21. The van der Waals surface area contributed by atoms with E-state index in [1.165, 1.54) is 5.56 Å². The van der Waals surface area contributed by atoms with Crippen LogP contribution in [0, 0.1) is 0 Å². The van der Waals surface area contributed by atoms with Crippen molar-refractivity contribution in [2.75, 3.05) is 20.1 Å². The van der Waals surface area contributed by atoms with E-state index >= 15 is 0 Å². The van der Waals surface area contributed by atoms with Gasteiger partial charge in [0.25, 0.3) is 0 Å². The predicted molar refractivity (Wildman–Crippen MR) is 90.9 cm³/mol. The van der Waals surface area contributed by atoms with Gasteiger partial charge in [0.15, 0.2) is 0 Å². The molecule has 1 aromatic rings. The smallest absolute Gasteiger partial charge is 0.234 e. The molecule has 1 rings (SSSR count). The normalized spacial score (nSPS) is 13.5. The zero-order valence-corrected chi connectivity index (χ0v) is 14.7. The summed E-state index contributed by atoms with van der Waals surface area (Å²) in [5.41, 5.74) is 2.15. The van der Waals surface area contributed by atoms with Gasteiger partial charge in [-0.2, -0.15) is 0 Å². The van der Waals surface area contributed by atoms with Crippen molar-refractivity contribution in [2.24, 2.45) is 0 Å². The molecule has 0 bridgehead atoms. The van der Waals surface area contributed by atoms with Gasteiger partial charge in [0.05, 0.1) is 12.6 Å². The van der Waals surface area contributed by atoms with E-state index < -0.39 is 6.10 Å². The highest BCUT2D eigenvalue weighted by Gasteiger charge is 2.15. The number of rotatable bonds is 6. The summed E-state index contributed by atoms with van der Waals surface area (Å²) in [7, 11) is 1.91. The summed E-state index contributed by atoms with van der Waals surface area (Å²) in [6, 6.07) is 8.25. The highest BCUT2D eigenvalue weighted by Crippen LogP contribution is 2.23. The summed E-state index contributed by atoms with van der Waals surface area (Å²) in [5, 5.41) is 13.0. The maximum Gasteiger partial charge on any atom is 0.234 e. The average Bonchev–Trinajstić information content (AvgIpc) is 2.43. The second kappa shape index (κ2) is 7.75. The number of carbonyl (C=O) groups is 1. The Labute approximate surface area is 134 Å². The van der Waals surface area contributed by atoms with Crippen molar-refractivity contribution in [1.29, 1.82) is 0 Å². The third-order valence-electron chi connectivity index (χ3n) is 3.93. The van der Waals surface area contributed by atoms with E-state index in [1.54, 1.807) is 0 Å². The van der Waals surface area contributed by atoms with Crippen molar-refractivity contribution in [1.82, 2.24) is 10.2 Å². The SMILES string of the molecule is CC(C)N(C)CC(=O)NCC(O)c1ccc(C(C)(C)C)cc1. The minimum absolute atomic E-state index is 0.0680. The third kappa shape index (κ3) is 5.78. The van der Waals surface area contributed by atoms with Crippen LogP contribution in [0.1, 0.15) is 51.8 Å². The minimum atomic E-state index is -0.678. The van der Waals surface area contributed by atoms with Gasteiger partial charge < -0.3 is 10.4 Å². The molecule has 2 N–H and O–H groups in total. The van der Waals surface area contributed by atoms with Gasteiger partial charge in [0, 0.05) is 12.6 Å². The van der Waals surface area contributed by atoms with Crippen LogP contribution in [0.25, 0.3) is 0 Å². The summed E-state index contributed by atoms with van der Waals surface area (Å²) in [4.78, 5) is 13.8. The Morgan fingerprint density at radius 1 is 1.23 bits per heavy atom. The molecule has 0 aliphatic carbocycles. The van der Waals surface area contributed by atoms with E-state index in [0.29, 0.717) is 12.6 Å². The first kappa shape index (κ1) is 18.7. The molecule has 0 heterocycles. The number of hydrogen-bond acceptors (Lipinski definition) is 3. The van der Waals surface area contributed by atoms with Crippen LogP contribution in [0.3, 0.4) is 0 Å². The van der Waals surface area contributed by atoms with E-state index in [2.05, 4.69) is 26.1 Å². The van der Waals surface area contributed by atoms with E-state index in [9.17, 15) is 9.90 Å². The first-order valence-corrected chi connectivity index (χ1v) is 7.86. The lowest BCUT2D eigenvalue weighted by molar-refractivity contribution is -0.122. The van der Waals surface area contributed by atoms with Crippen molar-refractivity contribution in [2.45, 2.75) is 52.2 Å². The fourth-order valence-corrected chi connectivity index (χ4v) is 2.00. The number of aliphatic hydroxyl groups excluding tert-OH is 1. The highest BCUT2D eigenvalue weighted by atomic mass is 16.3. The molecule has 1 amide bonds. The van der Waals surface area contributed by atoms with Gasteiger partial charge in [-0.3, -0.25) is 9.69 Å². The van der Waals surface area contributed by atoms with Crippen LogP contribution in [-0.2, 0) is 10.2 Å². The summed E-state index contributed by atoms with van der Waals surface area (Å²) in [6.07, 6.45) is -0.678. The molecular weight excluding hydrogens is 276 g/mol. The molecule has 0 radical (unpaired) electrons. The number of amides is 1. The van der Waals surface area contributed by atoms with Crippen molar-refractivity contribution in [3.8, 4) is 0 Å². The van der Waals surface area contributed by atoms with Crippen LogP contribution in [0.5, 0.6) is 0 Å². The van der Waals surface area contributed by atoms with Crippen molar-refractivity contribution in [3.05, 3.63) is 35.4 Å². The molecule has 0 saturated carbocycles. The number of nitrogens with zero attached hydrogens (tertiary/aromatic N) is 1. The first-order chi connectivity index (χ1) is 10.1. The van der Waals surface area contributed by atoms with Crippen LogP contribution in [0.2, 0.25) is 0 Å². The summed E-state index contributed by atoms with van der Waals surface area (Å²) in [6.45, 7) is 11.1. The fourth-order valence-electron chi connectivity index (χ4n) is 2.00. The Hall–Kier alpha value is -1.39. The largest absolute Gasteiger partial charge is 0.387 e. The molecule has 0 aliphatic rings. The molecule has 0 saturated heterocycles. The molecule has 1 unspecified atom stereocenters. The number of benzene rings is 1. The Balaban J connectivity index is 2.52. The van der Waals surface area contributed by atoms with E-state index in [0.717, 1.165) is 5.56 Å². The molecule has 4 nitrogen and oxygen atoms in total. The van der Waals surface area contributed by atoms with Crippen LogP contribution in [-0.4, -0.2) is 42.1 Å². The lowest BCUT2D eigenvalue weighted by Crippen LogP contribution is -2.39. The van der Waals surface area contributed by atoms with Crippen molar-refractivity contribution in [3.63, 3.8) is 0 Å². The van der Waals surface area contributed by atoms with Gasteiger partial charge in [0.1, 0.15) is 0 Å². The van der Waals surface area contributed by atoms with Gasteiger partial charge in [-0.25, -0.2) is 0 Å². The molecule has 22 heavy (non-hydrogen) atoms. The van der Waals surface area contributed by atoms with Crippen LogP contribution < -0.4 is 5.32 Å². The van der Waals surface area contributed by atoms with Gasteiger partial charge in [0.2, 0.25) is 5.91 Å². The van der Waals surface area contributed by atoms with Gasteiger partial charge in [-0.15, -0.1) is 0 Å². The maximum absolute atomic E-state index is 11.8. The number of likely N-dealkylation sites (N-methyl/N-ethyl adjacent to an activating group) is 1. The monoisotopic (exact) mass is 306 g/mol. The molecule has 1 aromatic carbocycles. The first-order valence-electron chi connectivity index (χ1n) is 7.86. The lowest BCUT2D eigenvalue weighted by atomic mass is 9.86. The number of hydrogen-bond donors (Lipinski definition) is 2. The number of aliphatic hydroxyl groups is 1. The quantitative estimate of drug-likeness (QED) is 0.849.